The summed E-state index contributed by atoms with van der Waals surface area (Å²) in [5, 5.41) is 5.22. The number of pyridine rings is 1. The molecule has 0 bridgehead atoms. The predicted octanol–water partition coefficient (Wildman–Crippen LogP) is 4.87. The molecule has 0 unspecified atom stereocenters. The van der Waals surface area contributed by atoms with Crippen LogP contribution in [0.1, 0.15) is 0 Å². The molecule has 3 N–H and O–H groups in total. The number of rotatable bonds is 2. The van der Waals surface area contributed by atoms with E-state index in [1.807, 2.05) is 30.3 Å². The summed E-state index contributed by atoms with van der Waals surface area (Å²) in [6.07, 6.45) is 1.74. The van der Waals surface area contributed by atoms with Crippen LogP contribution in [0.5, 0.6) is 0 Å². The minimum atomic E-state index is 0.504. The summed E-state index contributed by atoms with van der Waals surface area (Å²) in [5.74, 6) is 0. The van der Waals surface area contributed by atoms with E-state index in [-0.39, 0.29) is 0 Å². The fourth-order valence-electron chi connectivity index (χ4n) is 2.02. The molecule has 0 saturated heterocycles. The van der Waals surface area contributed by atoms with E-state index < -0.39 is 0 Å². The first kappa shape index (κ1) is 13.0. The largest absolute Gasteiger partial charge is 0.398 e. The molecule has 0 spiro atoms. The lowest BCUT2D eigenvalue weighted by Crippen LogP contribution is -1.95. The molecule has 3 nitrogen and oxygen atoms in total. The van der Waals surface area contributed by atoms with E-state index in [9.17, 15) is 0 Å². The topological polar surface area (TPSA) is 50.9 Å². The van der Waals surface area contributed by atoms with Crippen molar-refractivity contribution in [2.45, 2.75) is 0 Å². The molecule has 0 fully saturated rings. The van der Waals surface area contributed by atoms with Crippen LogP contribution in [0.3, 0.4) is 0 Å². The molecule has 0 atom stereocenters. The molecular formula is C15H11Cl2N3. The quantitative estimate of drug-likeness (QED) is 0.664. The average Bonchev–Trinajstić information content (AvgIpc) is 2.46. The van der Waals surface area contributed by atoms with Crippen molar-refractivity contribution in [3.8, 4) is 0 Å². The van der Waals surface area contributed by atoms with Gasteiger partial charge in [0.05, 0.1) is 21.2 Å². The SMILES string of the molecule is Nc1ccc(Nc2ccc(Cl)c(Cl)c2)c2ncccc12. The van der Waals surface area contributed by atoms with Crippen LogP contribution >= 0.6 is 23.2 Å². The van der Waals surface area contributed by atoms with Gasteiger partial charge < -0.3 is 11.1 Å². The van der Waals surface area contributed by atoms with Crippen molar-refractivity contribution < 1.29 is 0 Å². The monoisotopic (exact) mass is 303 g/mol. The normalized spacial score (nSPS) is 10.7. The number of benzene rings is 2. The van der Waals surface area contributed by atoms with Gasteiger partial charge in [-0.3, -0.25) is 4.98 Å². The number of hydrogen-bond donors (Lipinski definition) is 2. The second-order valence-corrected chi connectivity index (χ2v) is 5.17. The molecule has 0 radical (unpaired) electrons. The third kappa shape index (κ3) is 2.38. The molecule has 5 heteroatoms. The van der Waals surface area contributed by atoms with Crippen molar-refractivity contribution in [2.75, 3.05) is 11.1 Å². The van der Waals surface area contributed by atoms with E-state index in [1.165, 1.54) is 0 Å². The molecule has 0 aliphatic rings. The Hall–Kier alpha value is -1.97. The molecule has 1 heterocycles. The van der Waals surface area contributed by atoms with Gasteiger partial charge in [0.1, 0.15) is 0 Å². The first-order valence-electron chi connectivity index (χ1n) is 6.00. The van der Waals surface area contributed by atoms with Gasteiger partial charge in [0.2, 0.25) is 0 Å². The first-order chi connectivity index (χ1) is 9.65. The molecule has 0 amide bonds. The second kappa shape index (κ2) is 5.19. The van der Waals surface area contributed by atoms with E-state index >= 15 is 0 Å². The molecule has 20 heavy (non-hydrogen) atoms. The number of nitrogens with two attached hydrogens (primary N) is 1. The maximum Gasteiger partial charge on any atom is 0.0957 e. The number of anilines is 3. The van der Waals surface area contributed by atoms with Gasteiger partial charge >= 0.3 is 0 Å². The number of aromatic nitrogens is 1. The molecular weight excluding hydrogens is 293 g/mol. The molecule has 2 aromatic carbocycles. The number of hydrogen-bond acceptors (Lipinski definition) is 3. The Kier molecular flexibility index (Phi) is 3.38. The Labute approximate surface area is 126 Å². The van der Waals surface area contributed by atoms with Crippen LogP contribution in [0.15, 0.2) is 48.7 Å². The summed E-state index contributed by atoms with van der Waals surface area (Å²) >= 11 is 11.9. The van der Waals surface area contributed by atoms with Gasteiger partial charge in [-0.15, -0.1) is 0 Å². The van der Waals surface area contributed by atoms with Crippen LogP contribution in [-0.4, -0.2) is 4.98 Å². The van der Waals surface area contributed by atoms with Crippen molar-refractivity contribution in [3.63, 3.8) is 0 Å². The Morgan fingerprint density at radius 1 is 1.00 bits per heavy atom. The maximum atomic E-state index is 6.02. The standard InChI is InChI=1S/C15H11Cl2N3/c16-11-4-3-9(8-12(11)17)20-14-6-5-13(18)10-2-1-7-19-15(10)14/h1-8,20H,18H2. The van der Waals surface area contributed by atoms with E-state index in [1.54, 1.807) is 18.3 Å². The minimum Gasteiger partial charge on any atom is -0.398 e. The van der Waals surface area contributed by atoms with Crippen LogP contribution < -0.4 is 11.1 Å². The summed E-state index contributed by atoms with van der Waals surface area (Å²) in [6, 6.07) is 12.9. The Morgan fingerprint density at radius 2 is 1.85 bits per heavy atom. The van der Waals surface area contributed by atoms with Crippen molar-refractivity contribution in [3.05, 3.63) is 58.7 Å². The fraction of sp³-hybridized carbons (Fsp3) is 0. The highest BCUT2D eigenvalue weighted by Gasteiger charge is 2.06. The number of nitrogens with zero attached hydrogens (tertiary/aromatic N) is 1. The smallest absolute Gasteiger partial charge is 0.0957 e. The van der Waals surface area contributed by atoms with Gasteiger partial charge in [0.15, 0.2) is 0 Å². The van der Waals surface area contributed by atoms with E-state index in [2.05, 4.69) is 10.3 Å². The Bertz CT molecular complexity index is 787. The van der Waals surface area contributed by atoms with Crippen LogP contribution in [0.25, 0.3) is 10.9 Å². The van der Waals surface area contributed by atoms with Crippen LogP contribution in [-0.2, 0) is 0 Å². The van der Waals surface area contributed by atoms with Gasteiger partial charge in [-0.2, -0.15) is 0 Å². The second-order valence-electron chi connectivity index (χ2n) is 4.36. The lowest BCUT2D eigenvalue weighted by molar-refractivity contribution is 1.40. The van der Waals surface area contributed by atoms with E-state index in [4.69, 9.17) is 28.9 Å². The maximum absolute atomic E-state index is 6.02. The zero-order valence-electron chi connectivity index (χ0n) is 10.4. The zero-order chi connectivity index (χ0) is 14.1. The van der Waals surface area contributed by atoms with Crippen molar-refractivity contribution in [1.82, 2.24) is 4.98 Å². The van der Waals surface area contributed by atoms with Crippen LogP contribution in [0.2, 0.25) is 10.0 Å². The van der Waals surface area contributed by atoms with E-state index in [0.29, 0.717) is 15.7 Å². The van der Waals surface area contributed by atoms with Gasteiger partial charge in [0, 0.05) is 23.0 Å². The predicted molar refractivity (Wildman–Crippen MR) is 85.9 cm³/mol. The molecule has 1 aromatic heterocycles. The highest BCUT2D eigenvalue weighted by molar-refractivity contribution is 6.42. The molecule has 3 rings (SSSR count). The van der Waals surface area contributed by atoms with Crippen molar-refractivity contribution in [2.24, 2.45) is 0 Å². The minimum absolute atomic E-state index is 0.504. The summed E-state index contributed by atoms with van der Waals surface area (Å²) in [6.45, 7) is 0. The molecule has 0 aliphatic heterocycles. The lowest BCUT2D eigenvalue weighted by atomic mass is 10.1. The molecule has 100 valence electrons. The fourth-order valence-corrected chi connectivity index (χ4v) is 2.32. The van der Waals surface area contributed by atoms with Gasteiger partial charge in [-0.05, 0) is 42.5 Å². The highest BCUT2D eigenvalue weighted by atomic mass is 35.5. The average molecular weight is 304 g/mol. The molecule has 0 aliphatic carbocycles. The third-order valence-corrected chi connectivity index (χ3v) is 3.74. The van der Waals surface area contributed by atoms with Gasteiger partial charge in [-0.25, -0.2) is 0 Å². The number of nitrogens with one attached hydrogen (secondary N) is 1. The Balaban J connectivity index is 2.06. The van der Waals surface area contributed by atoms with Crippen LogP contribution in [0.4, 0.5) is 17.1 Å². The zero-order valence-corrected chi connectivity index (χ0v) is 11.9. The van der Waals surface area contributed by atoms with Crippen LogP contribution in [0, 0.1) is 0 Å². The van der Waals surface area contributed by atoms with E-state index in [0.717, 1.165) is 22.3 Å². The van der Waals surface area contributed by atoms with Crippen molar-refractivity contribution >= 4 is 51.2 Å². The summed E-state index contributed by atoms with van der Waals surface area (Å²) < 4.78 is 0. The number of halogens is 2. The number of fused-ring (bicyclic) bond motifs is 1. The van der Waals surface area contributed by atoms with Gasteiger partial charge in [-0.1, -0.05) is 23.2 Å². The molecule has 0 saturated carbocycles. The Morgan fingerprint density at radius 3 is 2.65 bits per heavy atom. The van der Waals surface area contributed by atoms with Crippen molar-refractivity contribution in [1.29, 1.82) is 0 Å². The summed E-state index contributed by atoms with van der Waals surface area (Å²) in [4.78, 5) is 4.38. The first-order valence-corrected chi connectivity index (χ1v) is 6.76. The lowest BCUT2D eigenvalue weighted by Gasteiger charge is -2.11. The number of nitrogen functional groups attached to an aromatic ring is 1. The highest BCUT2D eigenvalue weighted by Crippen LogP contribution is 2.31. The summed E-state index contributed by atoms with van der Waals surface area (Å²) in [7, 11) is 0. The van der Waals surface area contributed by atoms with Gasteiger partial charge in [0.25, 0.3) is 0 Å². The third-order valence-electron chi connectivity index (χ3n) is 3.00. The summed E-state index contributed by atoms with van der Waals surface area (Å²) in [5.41, 5.74) is 9.19. The molecule has 3 aromatic rings.